The zero-order valence-electron chi connectivity index (χ0n) is 14.3. The number of hydrogen-bond donors (Lipinski definition) is 1. The number of hydrogen-bond acceptors (Lipinski definition) is 4. The van der Waals surface area contributed by atoms with E-state index < -0.39 is 0 Å². The second kappa shape index (κ2) is 6.76. The maximum atomic E-state index is 12.2. The van der Waals surface area contributed by atoms with E-state index in [-0.39, 0.29) is 5.91 Å². The molecule has 0 aliphatic carbocycles. The van der Waals surface area contributed by atoms with Gasteiger partial charge in [0.05, 0.1) is 11.3 Å². The number of carbonyl (C=O) groups is 1. The molecular formula is C20H17N5O. The maximum Gasteiger partial charge on any atom is 0.257 e. The van der Waals surface area contributed by atoms with Gasteiger partial charge in [0.2, 0.25) is 0 Å². The number of aryl methyl sites for hydroxylation is 1. The van der Waals surface area contributed by atoms with E-state index in [0.29, 0.717) is 16.8 Å². The molecule has 0 unspecified atom stereocenters. The van der Waals surface area contributed by atoms with Crippen molar-refractivity contribution in [1.29, 1.82) is 0 Å². The molecule has 128 valence electrons. The van der Waals surface area contributed by atoms with Gasteiger partial charge in [-0.15, -0.1) is 10.2 Å². The van der Waals surface area contributed by atoms with Crippen molar-refractivity contribution in [2.45, 2.75) is 13.3 Å². The van der Waals surface area contributed by atoms with Gasteiger partial charge in [-0.05, 0) is 54.4 Å². The molecule has 2 heterocycles. The molecular weight excluding hydrogens is 326 g/mol. The van der Waals surface area contributed by atoms with Crippen molar-refractivity contribution < 1.29 is 4.79 Å². The lowest BCUT2D eigenvalue weighted by molar-refractivity contribution is 0.102. The molecule has 4 rings (SSSR count). The number of nitrogens with zero attached hydrogens (tertiary/aromatic N) is 4. The fourth-order valence-electron chi connectivity index (χ4n) is 2.67. The monoisotopic (exact) mass is 343 g/mol. The van der Waals surface area contributed by atoms with Gasteiger partial charge >= 0.3 is 0 Å². The summed E-state index contributed by atoms with van der Waals surface area (Å²) in [7, 11) is 0. The van der Waals surface area contributed by atoms with Gasteiger partial charge in [0.1, 0.15) is 11.0 Å². The SMILES string of the molecule is CCc1ccc(-n2nc3ccc(NC(=O)c4cccnc4)cc3n2)cc1. The quantitative estimate of drug-likeness (QED) is 0.614. The van der Waals surface area contributed by atoms with E-state index in [1.54, 1.807) is 23.1 Å². The van der Waals surface area contributed by atoms with Crippen LogP contribution in [0.3, 0.4) is 0 Å². The van der Waals surface area contributed by atoms with Gasteiger partial charge in [0.25, 0.3) is 5.91 Å². The summed E-state index contributed by atoms with van der Waals surface area (Å²) in [5.41, 5.74) is 4.83. The van der Waals surface area contributed by atoms with E-state index in [0.717, 1.165) is 17.6 Å². The van der Waals surface area contributed by atoms with Gasteiger partial charge < -0.3 is 5.32 Å². The highest BCUT2D eigenvalue weighted by molar-refractivity contribution is 6.04. The van der Waals surface area contributed by atoms with Crippen LogP contribution in [0.2, 0.25) is 0 Å². The zero-order valence-corrected chi connectivity index (χ0v) is 14.3. The first-order valence-corrected chi connectivity index (χ1v) is 8.41. The third kappa shape index (κ3) is 3.17. The van der Waals surface area contributed by atoms with E-state index in [2.05, 4.69) is 39.6 Å². The Labute approximate surface area is 150 Å². The van der Waals surface area contributed by atoms with Gasteiger partial charge in [-0.2, -0.15) is 4.80 Å². The van der Waals surface area contributed by atoms with Crippen molar-refractivity contribution >= 4 is 22.6 Å². The molecule has 6 nitrogen and oxygen atoms in total. The fourth-order valence-corrected chi connectivity index (χ4v) is 2.67. The van der Waals surface area contributed by atoms with Gasteiger partial charge in [-0.3, -0.25) is 9.78 Å². The van der Waals surface area contributed by atoms with Crippen molar-refractivity contribution in [1.82, 2.24) is 20.0 Å². The molecule has 1 amide bonds. The summed E-state index contributed by atoms with van der Waals surface area (Å²) in [6, 6.07) is 17.1. The molecule has 2 aromatic heterocycles. The summed E-state index contributed by atoms with van der Waals surface area (Å²) in [6.45, 7) is 2.12. The molecule has 0 fully saturated rings. The Balaban J connectivity index is 1.60. The standard InChI is InChI=1S/C20H17N5O/c1-2-14-5-8-17(9-6-14)25-23-18-10-7-16(12-19(18)24-25)22-20(26)15-4-3-11-21-13-15/h3-13H,2H2,1H3,(H,22,26). The first-order valence-electron chi connectivity index (χ1n) is 8.41. The summed E-state index contributed by atoms with van der Waals surface area (Å²) < 4.78 is 0. The van der Waals surface area contributed by atoms with Crippen LogP contribution in [0.25, 0.3) is 16.7 Å². The predicted octanol–water partition coefficient (Wildman–Crippen LogP) is 3.63. The van der Waals surface area contributed by atoms with E-state index in [1.807, 2.05) is 30.3 Å². The number of rotatable bonds is 4. The number of nitrogens with one attached hydrogen (secondary N) is 1. The van der Waals surface area contributed by atoms with E-state index in [1.165, 1.54) is 11.8 Å². The van der Waals surface area contributed by atoms with Crippen LogP contribution in [0.5, 0.6) is 0 Å². The van der Waals surface area contributed by atoms with Crippen molar-refractivity contribution in [3.63, 3.8) is 0 Å². The first kappa shape index (κ1) is 16.0. The van der Waals surface area contributed by atoms with Crippen molar-refractivity contribution in [3.8, 4) is 5.69 Å². The Hall–Kier alpha value is -3.54. The van der Waals surface area contributed by atoms with Crippen LogP contribution in [-0.2, 0) is 6.42 Å². The lowest BCUT2D eigenvalue weighted by Crippen LogP contribution is -2.11. The molecule has 0 radical (unpaired) electrons. The van der Waals surface area contributed by atoms with Crippen LogP contribution in [0, 0.1) is 0 Å². The van der Waals surface area contributed by atoms with Gasteiger partial charge in [0.15, 0.2) is 0 Å². The molecule has 0 saturated heterocycles. The maximum absolute atomic E-state index is 12.2. The topological polar surface area (TPSA) is 72.7 Å². The third-order valence-electron chi connectivity index (χ3n) is 4.14. The van der Waals surface area contributed by atoms with Crippen LogP contribution < -0.4 is 5.32 Å². The van der Waals surface area contributed by atoms with Crippen LogP contribution >= 0.6 is 0 Å². The molecule has 1 N–H and O–H groups in total. The molecule has 0 atom stereocenters. The Morgan fingerprint density at radius 3 is 2.58 bits per heavy atom. The average Bonchev–Trinajstić information content (AvgIpc) is 3.12. The van der Waals surface area contributed by atoms with Gasteiger partial charge in [-0.1, -0.05) is 19.1 Å². The second-order valence-electron chi connectivity index (χ2n) is 5.91. The van der Waals surface area contributed by atoms with Crippen molar-refractivity contribution in [3.05, 3.63) is 78.1 Å². The first-order chi connectivity index (χ1) is 12.7. The number of pyridine rings is 1. The summed E-state index contributed by atoms with van der Waals surface area (Å²) >= 11 is 0. The molecule has 0 aliphatic rings. The molecule has 0 saturated carbocycles. The normalized spacial score (nSPS) is 10.8. The number of carbonyl (C=O) groups excluding carboxylic acids is 1. The van der Waals surface area contributed by atoms with Crippen LogP contribution in [0.1, 0.15) is 22.8 Å². The highest BCUT2D eigenvalue weighted by Gasteiger charge is 2.09. The summed E-state index contributed by atoms with van der Waals surface area (Å²) in [5, 5.41) is 11.9. The zero-order chi connectivity index (χ0) is 17.9. The lowest BCUT2D eigenvalue weighted by atomic mass is 10.2. The van der Waals surface area contributed by atoms with Crippen LogP contribution in [-0.4, -0.2) is 25.9 Å². The van der Waals surface area contributed by atoms with Gasteiger partial charge in [-0.25, -0.2) is 0 Å². The Kier molecular flexibility index (Phi) is 4.15. The molecule has 4 aromatic rings. The van der Waals surface area contributed by atoms with Crippen molar-refractivity contribution in [2.24, 2.45) is 0 Å². The predicted molar refractivity (Wildman–Crippen MR) is 100 cm³/mol. The van der Waals surface area contributed by atoms with E-state index in [9.17, 15) is 4.79 Å². The highest BCUT2D eigenvalue weighted by Crippen LogP contribution is 2.18. The van der Waals surface area contributed by atoms with E-state index >= 15 is 0 Å². The minimum absolute atomic E-state index is 0.208. The minimum Gasteiger partial charge on any atom is -0.322 e. The fraction of sp³-hybridized carbons (Fsp3) is 0.100. The molecule has 0 aliphatic heterocycles. The summed E-state index contributed by atoms with van der Waals surface area (Å²) in [4.78, 5) is 17.8. The smallest absolute Gasteiger partial charge is 0.257 e. The number of anilines is 1. The molecule has 0 bridgehead atoms. The third-order valence-corrected chi connectivity index (χ3v) is 4.14. The average molecular weight is 343 g/mol. The summed E-state index contributed by atoms with van der Waals surface area (Å²) in [5.74, 6) is -0.208. The summed E-state index contributed by atoms with van der Waals surface area (Å²) in [6.07, 6.45) is 4.16. The highest BCUT2D eigenvalue weighted by atomic mass is 16.1. The van der Waals surface area contributed by atoms with Crippen LogP contribution in [0.4, 0.5) is 5.69 Å². The molecule has 2 aromatic carbocycles. The number of amides is 1. The Bertz CT molecular complexity index is 1050. The number of fused-ring (bicyclic) bond motifs is 1. The molecule has 0 spiro atoms. The molecule has 6 heteroatoms. The van der Waals surface area contributed by atoms with Gasteiger partial charge in [0, 0.05) is 18.1 Å². The Morgan fingerprint density at radius 2 is 1.85 bits per heavy atom. The number of benzene rings is 2. The van der Waals surface area contributed by atoms with Crippen LogP contribution in [0.15, 0.2) is 67.0 Å². The Morgan fingerprint density at radius 1 is 1.04 bits per heavy atom. The lowest BCUT2D eigenvalue weighted by Gasteiger charge is -2.04. The minimum atomic E-state index is -0.208. The number of aromatic nitrogens is 4. The largest absolute Gasteiger partial charge is 0.322 e. The second-order valence-corrected chi connectivity index (χ2v) is 5.91. The molecule has 26 heavy (non-hydrogen) atoms. The van der Waals surface area contributed by atoms with E-state index in [4.69, 9.17) is 0 Å². The van der Waals surface area contributed by atoms with Crippen molar-refractivity contribution in [2.75, 3.05) is 5.32 Å².